The SMILES string of the molecule is CC1CC(C(=O)O)CN(C(=O)NCC(C)(C)c2cccs2)C1. The zero-order chi connectivity index (χ0) is 16.3. The lowest BCUT2D eigenvalue weighted by Crippen LogP contribution is -2.51. The first-order chi connectivity index (χ1) is 10.3. The summed E-state index contributed by atoms with van der Waals surface area (Å²) in [6.07, 6.45) is 0.639. The molecule has 2 N–H and O–H groups in total. The van der Waals surface area contributed by atoms with Crippen LogP contribution in [-0.4, -0.2) is 41.6 Å². The van der Waals surface area contributed by atoms with Gasteiger partial charge in [-0.2, -0.15) is 0 Å². The molecule has 1 aliphatic rings. The predicted molar refractivity (Wildman–Crippen MR) is 87.2 cm³/mol. The van der Waals surface area contributed by atoms with Crippen LogP contribution in [0.3, 0.4) is 0 Å². The molecule has 0 radical (unpaired) electrons. The normalized spacial score (nSPS) is 22.4. The summed E-state index contributed by atoms with van der Waals surface area (Å²) in [6, 6.07) is 3.91. The Labute approximate surface area is 135 Å². The number of hydrogen-bond donors (Lipinski definition) is 2. The van der Waals surface area contributed by atoms with Crippen LogP contribution < -0.4 is 5.32 Å². The van der Waals surface area contributed by atoms with Crippen molar-refractivity contribution in [2.75, 3.05) is 19.6 Å². The number of piperidine rings is 1. The number of rotatable bonds is 4. The van der Waals surface area contributed by atoms with Crippen molar-refractivity contribution in [3.8, 4) is 0 Å². The molecule has 2 unspecified atom stereocenters. The standard InChI is InChI=1S/C16H24N2O3S/c1-11-7-12(14(19)20)9-18(8-11)15(21)17-10-16(2,3)13-5-4-6-22-13/h4-6,11-12H,7-10H2,1-3H3,(H,17,21)(H,19,20). The fraction of sp³-hybridized carbons (Fsp3) is 0.625. The van der Waals surface area contributed by atoms with E-state index in [1.807, 2.05) is 18.4 Å². The maximum absolute atomic E-state index is 12.4. The fourth-order valence-corrected chi connectivity index (χ4v) is 3.71. The molecule has 0 saturated carbocycles. The summed E-state index contributed by atoms with van der Waals surface area (Å²) < 4.78 is 0. The van der Waals surface area contributed by atoms with E-state index in [-0.39, 0.29) is 17.4 Å². The summed E-state index contributed by atoms with van der Waals surface area (Å²) in [5.41, 5.74) is -0.128. The molecule has 0 aromatic carbocycles. The first-order valence-electron chi connectivity index (χ1n) is 7.59. The largest absolute Gasteiger partial charge is 0.481 e. The lowest BCUT2D eigenvalue weighted by Gasteiger charge is -2.35. The van der Waals surface area contributed by atoms with Gasteiger partial charge in [-0.3, -0.25) is 4.79 Å². The van der Waals surface area contributed by atoms with Crippen molar-refractivity contribution in [2.24, 2.45) is 11.8 Å². The molecular formula is C16H24N2O3S. The molecule has 1 fully saturated rings. The fourth-order valence-electron chi connectivity index (χ4n) is 2.86. The van der Waals surface area contributed by atoms with Gasteiger partial charge in [-0.1, -0.05) is 26.8 Å². The minimum absolute atomic E-state index is 0.128. The maximum atomic E-state index is 12.4. The number of thiophene rings is 1. The Hall–Kier alpha value is -1.56. The van der Waals surface area contributed by atoms with Gasteiger partial charge < -0.3 is 15.3 Å². The quantitative estimate of drug-likeness (QED) is 0.895. The van der Waals surface area contributed by atoms with E-state index in [9.17, 15) is 14.7 Å². The van der Waals surface area contributed by atoms with E-state index in [0.29, 0.717) is 26.1 Å². The Morgan fingerprint density at radius 1 is 1.45 bits per heavy atom. The zero-order valence-corrected chi connectivity index (χ0v) is 14.2. The van der Waals surface area contributed by atoms with Gasteiger partial charge in [-0.05, 0) is 23.8 Å². The number of carbonyl (C=O) groups is 2. The number of hydrogen-bond acceptors (Lipinski definition) is 3. The third-order valence-electron chi connectivity index (χ3n) is 4.17. The van der Waals surface area contributed by atoms with E-state index in [2.05, 4.69) is 25.2 Å². The summed E-state index contributed by atoms with van der Waals surface area (Å²) in [7, 11) is 0. The molecule has 2 amide bonds. The minimum Gasteiger partial charge on any atom is -0.481 e. The van der Waals surface area contributed by atoms with Crippen molar-refractivity contribution in [3.05, 3.63) is 22.4 Å². The molecule has 6 heteroatoms. The van der Waals surface area contributed by atoms with Crippen LogP contribution in [0.1, 0.15) is 32.1 Å². The molecule has 2 rings (SSSR count). The molecule has 0 aliphatic carbocycles. The van der Waals surface area contributed by atoms with E-state index in [1.165, 1.54) is 4.88 Å². The van der Waals surface area contributed by atoms with Gasteiger partial charge >= 0.3 is 12.0 Å². The molecule has 1 aliphatic heterocycles. The number of nitrogens with one attached hydrogen (secondary N) is 1. The van der Waals surface area contributed by atoms with Crippen LogP contribution in [0.4, 0.5) is 4.79 Å². The van der Waals surface area contributed by atoms with Gasteiger partial charge in [0.25, 0.3) is 0 Å². The monoisotopic (exact) mass is 324 g/mol. The zero-order valence-electron chi connectivity index (χ0n) is 13.3. The highest BCUT2D eigenvalue weighted by molar-refractivity contribution is 7.10. The van der Waals surface area contributed by atoms with Gasteiger partial charge in [0.1, 0.15) is 0 Å². The number of likely N-dealkylation sites (tertiary alicyclic amines) is 1. The lowest BCUT2D eigenvalue weighted by molar-refractivity contribution is -0.143. The molecule has 1 aromatic heterocycles. The summed E-state index contributed by atoms with van der Waals surface area (Å²) in [4.78, 5) is 26.4. The molecule has 0 spiro atoms. The van der Waals surface area contributed by atoms with Crippen molar-refractivity contribution < 1.29 is 14.7 Å². The van der Waals surface area contributed by atoms with Crippen LogP contribution in [0.2, 0.25) is 0 Å². The summed E-state index contributed by atoms with van der Waals surface area (Å²) in [5.74, 6) is -1.06. The first kappa shape index (κ1) is 16.8. The smallest absolute Gasteiger partial charge is 0.317 e. The number of carboxylic acid groups (broad SMARTS) is 1. The molecule has 5 nitrogen and oxygen atoms in total. The average Bonchev–Trinajstić information content (AvgIpc) is 2.99. The Kier molecular flexibility index (Phi) is 5.11. The Balaban J connectivity index is 1.93. The van der Waals surface area contributed by atoms with Crippen molar-refractivity contribution in [1.29, 1.82) is 0 Å². The van der Waals surface area contributed by atoms with Gasteiger partial charge in [-0.15, -0.1) is 11.3 Å². The van der Waals surface area contributed by atoms with Crippen molar-refractivity contribution in [2.45, 2.75) is 32.6 Å². The minimum atomic E-state index is -0.816. The highest BCUT2D eigenvalue weighted by Crippen LogP contribution is 2.27. The summed E-state index contributed by atoms with van der Waals surface area (Å²) in [6.45, 7) is 7.63. The maximum Gasteiger partial charge on any atom is 0.317 e. The number of amides is 2. The van der Waals surface area contributed by atoms with Crippen molar-refractivity contribution in [3.63, 3.8) is 0 Å². The number of carboxylic acids is 1. The summed E-state index contributed by atoms with van der Waals surface area (Å²) in [5, 5.41) is 14.2. The molecule has 122 valence electrons. The van der Waals surface area contributed by atoms with Gasteiger partial charge in [-0.25, -0.2) is 4.79 Å². The van der Waals surface area contributed by atoms with Crippen molar-refractivity contribution in [1.82, 2.24) is 10.2 Å². The van der Waals surface area contributed by atoms with Crippen LogP contribution in [0.25, 0.3) is 0 Å². The van der Waals surface area contributed by atoms with Crippen LogP contribution in [0.15, 0.2) is 17.5 Å². The first-order valence-corrected chi connectivity index (χ1v) is 8.47. The Bertz CT molecular complexity index is 528. The third kappa shape index (κ3) is 4.00. The Morgan fingerprint density at radius 2 is 2.18 bits per heavy atom. The van der Waals surface area contributed by atoms with E-state index < -0.39 is 11.9 Å². The van der Waals surface area contributed by atoms with E-state index in [0.717, 1.165) is 0 Å². The molecular weight excluding hydrogens is 300 g/mol. The predicted octanol–water partition coefficient (Wildman–Crippen LogP) is 2.78. The lowest BCUT2D eigenvalue weighted by atomic mass is 9.90. The molecule has 22 heavy (non-hydrogen) atoms. The van der Waals surface area contributed by atoms with E-state index in [4.69, 9.17) is 0 Å². The number of urea groups is 1. The number of aliphatic carboxylic acids is 1. The summed E-state index contributed by atoms with van der Waals surface area (Å²) >= 11 is 1.68. The highest BCUT2D eigenvalue weighted by Gasteiger charge is 2.32. The van der Waals surface area contributed by atoms with Crippen LogP contribution in [0.5, 0.6) is 0 Å². The van der Waals surface area contributed by atoms with Gasteiger partial charge in [0.2, 0.25) is 0 Å². The van der Waals surface area contributed by atoms with E-state index >= 15 is 0 Å². The molecule has 0 bridgehead atoms. The second kappa shape index (κ2) is 6.69. The van der Waals surface area contributed by atoms with Crippen LogP contribution in [0, 0.1) is 11.8 Å². The van der Waals surface area contributed by atoms with Crippen LogP contribution in [-0.2, 0) is 10.2 Å². The average molecular weight is 324 g/mol. The number of nitrogens with zero attached hydrogens (tertiary/aromatic N) is 1. The second-order valence-corrected chi connectivity index (χ2v) is 7.75. The molecule has 1 aromatic rings. The second-order valence-electron chi connectivity index (χ2n) is 6.80. The highest BCUT2D eigenvalue weighted by atomic mass is 32.1. The van der Waals surface area contributed by atoms with Crippen molar-refractivity contribution >= 4 is 23.3 Å². The molecule has 2 atom stereocenters. The Morgan fingerprint density at radius 3 is 2.77 bits per heavy atom. The topological polar surface area (TPSA) is 69.6 Å². The van der Waals surface area contributed by atoms with Crippen LogP contribution >= 0.6 is 11.3 Å². The van der Waals surface area contributed by atoms with Gasteiger partial charge in [0.05, 0.1) is 5.92 Å². The van der Waals surface area contributed by atoms with E-state index in [1.54, 1.807) is 16.2 Å². The number of carbonyl (C=O) groups excluding carboxylic acids is 1. The molecule has 2 heterocycles. The van der Waals surface area contributed by atoms with Gasteiger partial charge in [0.15, 0.2) is 0 Å². The van der Waals surface area contributed by atoms with Gasteiger partial charge in [0, 0.05) is 29.9 Å². The third-order valence-corrected chi connectivity index (χ3v) is 5.40. The molecule has 1 saturated heterocycles.